The molecule has 0 saturated carbocycles. The summed E-state index contributed by atoms with van der Waals surface area (Å²) in [4.78, 5) is 2.20. The summed E-state index contributed by atoms with van der Waals surface area (Å²) in [5, 5.41) is 9.00. The number of nitriles is 1. The Balaban J connectivity index is 2.56. The predicted octanol–water partition coefficient (Wildman–Crippen LogP) is 3.23. The van der Waals surface area contributed by atoms with Crippen LogP contribution in [0.3, 0.4) is 0 Å². The fourth-order valence-electron chi connectivity index (χ4n) is 1.96. The van der Waals surface area contributed by atoms with Crippen LogP contribution in [0.15, 0.2) is 24.3 Å². The minimum atomic E-state index is -0.280. The Hall–Kier alpha value is -1.33. The maximum atomic E-state index is 9.00. The van der Waals surface area contributed by atoms with Gasteiger partial charge in [-0.05, 0) is 38.4 Å². The van der Waals surface area contributed by atoms with Gasteiger partial charge < -0.3 is 4.90 Å². The van der Waals surface area contributed by atoms with Crippen molar-refractivity contribution >= 4 is 0 Å². The fourth-order valence-corrected chi connectivity index (χ4v) is 1.96. The molecule has 1 rings (SSSR count). The molecule has 0 saturated heterocycles. The second-order valence-corrected chi connectivity index (χ2v) is 5.34. The van der Waals surface area contributed by atoms with Gasteiger partial charge in [-0.15, -0.1) is 0 Å². The molecule has 0 aliphatic carbocycles. The van der Waals surface area contributed by atoms with Gasteiger partial charge in [0.15, 0.2) is 0 Å². The van der Waals surface area contributed by atoms with Crippen molar-refractivity contribution in [3.8, 4) is 6.07 Å². The molecule has 0 atom stereocenters. The van der Waals surface area contributed by atoms with Gasteiger partial charge >= 0.3 is 0 Å². The first-order valence-corrected chi connectivity index (χ1v) is 6.14. The van der Waals surface area contributed by atoms with Gasteiger partial charge in [-0.2, -0.15) is 5.26 Å². The standard InChI is InChI=1S/C15H22N2/c1-5-13-6-8-14(9-7-13)10-17(4)12-15(2,3)11-16/h6-9H,5,10,12H2,1-4H3. The van der Waals surface area contributed by atoms with Crippen LogP contribution in [0.1, 0.15) is 31.9 Å². The molecule has 1 aromatic rings. The van der Waals surface area contributed by atoms with Crippen LogP contribution in [-0.2, 0) is 13.0 Å². The van der Waals surface area contributed by atoms with Crippen LogP contribution >= 0.6 is 0 Å². The van der Waals surface area contributed by atoms with E-state index in [4.69, 9.17) is 5.26 Å². The number of hydrogen-bond donors (Lipinski definition) is 0. The topological polar surface area (TPSA) is 27.0 Å². The van der Waals surface area contributed by atoms with Gasteiger partial charge in [-0.1, -0.05) is 31.2 Å². The third kappa shape index (κ3) is 4.58. The summed E-state index contributed by atoms with van der Waals surface area (Å²) in [5.74, 6) is 0. The van der Waals surface area contributed by atoms with Crippen LogP contribution < -0.4 is 0 Å². The van der Waals surface area contributed by atoms with Crippen molar-refractivity contribution in [1.29, 1.82) is 5.26 Å². The highest BCUT2D eigenvalue weighted by molar-refractivity contribution is 5.22. The van der Waals surface area contributed by atoms with Crippen molar-refractivity contribution < 1.29 is 0 Å². The summed E-state index contributed by atoms with van der Waals surface area (Å²) in [6, 6.07) is 11.0. The second kappa shape index (κ2) is 5.84. The lowest BCUT2D eigenvalue weighted by Crippen LogP contribution is -2.29. The van der Waals surface area contributed by atoms with E-state index >= 15 is 0 Å². The first kappa shape index (κ1) is 13.7. The zero-order valence-electron chi connectivity index (χ0n) is 11.3. The van der Waals surface area contributed by atoms with Gasteiger partial charge in [0, 0.05) is 13.1 Å². The van der Waals surface area contributed by atoms with Gasteiger partial charge in [0.1, 0.15) is 0 Å². The maximum Gasteiger partial charge on any atom is 0.0697 e. The molecular weight excluding hydrogens is 208 g/mol. The average Bonchev–Trinajstić information content (AvgIpc) is 2.29. The number of aryl methyl sites for hydroxylation is 1. The molecule has 1 aromatic carbocycles. The van der Waals surface area contributed by atoms with Crippen LogP contribution in [-0.4, -0.2) is 18.5 Å². The molecule has 0 fully saturated rings. The fraction of sp³-hybridized carbons (Fsp3) is 0.533. The van der Waals surface area contributed by atoms with E-state index in [-0.39, 0.29) is 5.41 Å². The van der Waals surface area contributed by atoms with Crippen molar-refractivity contribution in [2.24, 2.45) is 5.41 Å². The molecule has 2 nitrogen and oxygen atoms in total. The third-order valence-corrected chi connectivity index (χ3v) is 2.85. The molecule has 0 spiro atoms. The van der Waals surface area contributed by atoms with Crippen molar-refractivity contribution in [2.45, 2.75) is 33.7 Å². The summed E-state index contributed by atoms with van der Waals surface area (Å²) in [6.07, 6.45) is 1.08. The van der Waals surface area contributed by atoms with E-state index in [2.05, 4.69) is 49.2 Å². The number of nitrogens with zero attached hydrogens (tertiary/aromatic N) is 2. The van der Waals surface area contributed by atoms with Crippen LogP contribution in [0, 0.1) is 16.7 Å². The third-order valence-electron chi connectivity index (χ3n) is 2.85. The monoisotopic (exact) mass is 230 g/mol. The van der Waals surface area contributed by atoms with E-state index in [1.165, 1.54) is 11.1 Å². The summed E-state index contributed by atoms with van der Waals surface area (Å²) in [6.45, 7) is 7.80. The van der Waals surface area contributed by atoms with E-state index in [1.54, 1.807) is 0 Å². The molecular formula is C15H22N2. The SMILES string of the molecule is CCc1ccc(CN(C)CC(C)(C)C#N)cc1. The molecule has 0 heterocycles. The zero-order chi connectivity index (χ0) is 12.9. The Morgan fingerprint density at radius 2 is 1.71 bits per heavy atom. The van der Waals surface area contributed by atoms with Crippen molar-refractivity contribution in [1.82, 2.24) is 4.90 Å². The quantitative estimate of drug-likeness (QED) is 0.776. The zero-order valence-corrected chi connectivity index (χ0v) is 11.3. The van der Waals surface area contributed by atoms with Gasteiger partial charge in [0.25, 0.3) is 0 Å². The van der Waals surface area contributed by atoms with E-state index in [9.17, 15) is 0 Å². The number of hydrogen-bond acceptors (Lipinski definition) is 2. The molecule has 0 N–H and O–H groups in total. The lowest BCUT2D eigenvalue weighted by molar-refractivity contribution is 0.249. The van der Waals surface area contributed by atoms with Crippen molar-refractivity contribution in [2.75, 3.05) is 13.6 Å². The highest BCUT2D eigenvalue weighted by Gasteiger charge is 2.18. The molecule has 0 radical (unpaired) electrons. The molecule has 0 amide bonds. The molecule has 0 aromatic heterocycles. The van der Waals surface area contributed by atoms with Crippen LogP contribution in [0.2, 0.25) is 0 Å². The minimum Gasteiger partial charge on any atom is -0.301 e. The molecule has 0 aliphatic heterocycles. The van der Waals surface area contributed by atoms with E-state index in [1.807, 2.05) is 13.8 Å². The highest BCUT2D eigenvalue weighted by atomic mass is 15.1. The Kier molecular flexibility index (Phi) is 4.72. The summed E-state index contributed by atoms with van der Waals surface area (Å²) in [7, 11) is 2.06. The van der Waals surface area contributed by atoms with Crippen LogP contribution in [0.5, 0.6) is 0 Å². The van der Waals surface area contributed by atoms with Crippen molar-refractivity contribution in [3.05, 3.63) is 35.4 Å². The average molecular weight is 230 g/mol. The second-order valence-electron chi connectivity index (χ2n) is 5.34. The molecule has 17 heavy (non-hydrogen) atoms. The predicted molar refractivity (Wildman–Crippen MR) is 71.5 cm³/mol. The van der Waals surface area contributed by atoms with E-state index in [0.29, 0.717) is 0 Å². The van der Waals surface area contributed by atoms with E-state index < -0.39 is 0 Å². The Morgan fingerprint density at radius 1 is 1.18 bits per heavy atom. The summed E-state index contributed by atoms with van der Waals surface area (Å²) >= 11 is 0. The smallest absolute Gasteiger partial charge is 0.0697 e. The Bertz CT molecular complexity index is 384. The van der Waals surface area contributed by atoms with Crippen LogP contribution in [0.25, 0.3) is 0 Å². The van der Waals surface area contributed by atoms with Gasteiger partial charge in [0.2, 0.25) is 0 Å². The van der Waals surface area contributed by atoms with Gasteiger partial charge in [-0.25, -0.2) is 0 Å². The Morgan fingerprint density at radius 3 is 2.18 bits per heavy atom. The summed E-state index contributed by atoms with van der Waals surface area (Å²) in [5.41, 5.74) is 2.39. The van der Waals surface area contributed by atoms with Crippen molar-refractivity contribution in [3.63, 3.8) is 0 Å². The lowest BCUT2D eigenvalue weighted by atomic mass is 9.95. The normalized spacial score (nSPS) is 11.5. The van der Waals surface area contributed by atoms with Crippen LogP contribution in [0.4, 0.5) is 0 Å². The molecule has 92 valence electrons. The maximum absolute atomic E-state index is 9.00. The highest BCUT2D eigenvalue weighted by Crippen LogP contribution is 2.16. The molecule has 0 unspecified atom stereocenters. The van der Waals surface area contributed by atoms with Gasteiger partial charge in [-0.3, -0.25) is 0 Å². The first-order chi connectivity index (χ1) is 7.96. The largest absolute Gasteiger partial charge is 0.301 e. The molecule has 2 heteroatoms. The van der Waals surface area contributed by atoms with Gasteiger partial charge in [0.05, 0.1) is 11.5 Å². The first-order valence-electron chi connectivity index (χ1n) is 6.14. The molecule has 0 aliphatic rings. The van der Waals surface area contributed by atoms with E-state index in [0.717, 1.165) is 19.5 Å². The minimum absolute atomic E-state index is 0.280. The summed E-state index contributed by atoms with van der Waals surface area (Å²) < 4.78 is 0. The number of benzene rings is 1. The lowest BCUT2D eigenvalue weighted by Gasteiger charge is -2.24. The molecule has 0 bridgehead atoms. The number of rotatable bonds is 5. The Labute approximate surface area is 105 Å².